The van der Waals surface area contributed by atoms with Crippen molar-refractivity contribution in [2.75, 3.05) is 33.4 Å². The van der Waals surface area contributed by atoms with Crippen LogP contribution in [0.5, 0.6) is 0 Å². The fourth-order valence-electron chi connectivity index (χ4n) is 0.996. The highest BCUT2D eigenvalue weighted by atomic mass is 16.5. The Kier molecular flexibility index (Phi) is 6.27. The summed E-state index contributed by atoms with van der Waals surface area (Å²) < 4.78 is 5.18. The van der Waals surface area contributed by atoms with E-state index in [2.05, 4.69) is 5.32 Å². The summed E-state index contributed by atoms with van der Waals surface area (Å²) in [7, 11) is 1.61. The molecule has 0 aliphatic rings. The Balaban J connectivity index is 4.01. The highest BCUT2D eigenvalue weighted by molar-refractivity contribution is 5.74. The number of nitrogens with one attached hydrogen (secondary N) is 1. The minimum Gasteiger partial charge on any atom is -0.395 e. The van der Waals surface area contributed by atoms with Crippen molar-refractivity contribution in [1.82, 2.24) is 10.2 Å². The molecule has 2 amide bonds. The molecule has 0 unspecified atom stereocenters. The molecule has 15 heavy (non-hydrogen) atoms. The first kappa shape index (κ1) is 14.2. The van der Waals surface area contributed by atoms with Gasteiger partial charge in [-0.1, -0.05) is 0 Å². The molecular formula is C10H22N2O3. The average Bonchev–Trinajstić information content (AvgIpc) is 2.22. The molecule has 0 aromatic carbocycles. The highest BCUT2D eigenvalue weighted by Crippen LogP contribution is 2.04. The van der Waals surface area contributed by atoms with E-state index < -0.39 is 0 Å². The lowest BCUT2D eigenvalue weighted by molar-refractivity contribution is 0.0242. The molecular weight excluding hydrogens is 196 g/mol. The topological polar surface area (TPSA) is 61.8 Å². The molecule has 0 heterocycles. The van der Waals surface area contributed by atoms with Crippen LogP contribution in [0.15, 0.2) is 0 Å². The lowest BCUT2D eigenvalue weighted by Crippen LogP contribution is -2.47. The van der Waals surface area contributed by atoms with Crippen molar-refractivity contribution in [3.05, 3.63) is 0 Å². The van der Waals surface area contributed by atoms with Crippen molar-refractivity contribution in [2.24, 2.45) is 0 Å². The molecule has 5 nitrogen and oxygen atoms in total. The number of urea groups is 1. The average molecular weight is 218 g/mol. The summed E-state index contributed by atoms with van der Waals surface area (Å²) in [6.45, 7) is 7.04. The quantitative estimate of drug-likeness (QED) is 0.680. The zero-order valence-electron chi connectivity index (χ0n) is 10.0. The van der Waals surface area contributed by atoms with Crippen LogP contribution in [0.3, 0.4) is 0 Å². The van der Waals surface area contributed by atoms with Gasteiger partial charge in [-0.15, -0.1) is 0 Å². The number of carbonyl (C=O) groups is 1. The van der Waals surface area contributed by atoms with Crippen molar-refractivity contribution in [2.45, 2.75) is 26.4 Å². The molecule has 0 radical (unpaired) electrons. The summed E-state index contributed by atoms with van der Waals surface area (Å²) in [5.41, 5.74) is -0.367. The van der Waals surface area contributed by atoms with Gasteiger partial charge in [-0.3, -0.25) is 0 Å². The van der Waals surface area contributed by atoms with Crippen LogP contribution in [0.25, 0.3) is 0 Å². The summed E-state index contributed by atoms with van der Waals surface area (Å²) in [6, 6.07) is -0.170. The fraction of sp³-hybridized carbons (Fsp3) is 0.900. The molecule has 0 aromatic rings. The molecule has 0 aliphatic heterocycles. The smallest absolute Gasteiger partial charge is 0.317 e. The first-order valence-corrected chi connectivity index (χ1v) is 5.15. The minimum atomic E-state index is -0.367. The van der Waals surface area contributed by atoms with Crippen molar-refractivity contribution < 1.29 is 14.6 Å². The third-order valence-electron chi connectivity index (χ3n) is 2.26. The number of ether oxygens (including phenoxy) is 1. The first-order chi connectivity index (χ1) is 6.96. The maximum Gasteiger partial charge on any atom is 0.317 e. The van der Waals surface area contributed by atoms with Crippen LogP contribution in [0, 0.1) is 0 Å². The largest absolute Gasteiger partial charge is 0.395 e. The van der Waals surface area contributed by atoms with Crippen molar-refractivity contribution in [3.63, 3.8) is 0 Å². The molecule has 0 aromatic heterocycles. The number of aliphatic hydroxyl groups is 1. The monoisotopic (exact) mass is 218 g/mol. The summed E-state index contributed by atoms with van der Waals surface area (Å²) >= 11 is 0. The van der Waals surface area contributed by atoms with Gasteiger partial charge in [-0.2, -0.15) is 0 Å². The van der Waals surface area contributed by atoms with E-state index in [-0.39, 0.29) is 18.2 Å². The van der Waals surface area contributed by atoms with Gasteiger partial charge in [-0.25, -0.2) is 4.79 Å². The Bertz CT molecular complexity index is 195. The Morgan fingerprint density at radius 2 is 2.13 bits per heavy atom. The van der Waals surface area contributed by atoms with Crippen LogP contribution >= 0.6 is 0 Å². The number of methoxy groups -OCH3 is 1. The number of likely N-dealkylation sites (N-methyl/N-ethyl adjacent to an activating group) is 1. The highest BCUT2D eigenvalue weighted by Gasteiger charge is 2.19. The lowest BCUT2D eigenvalue weighted by atomic mass is 10.1. The van der Waals surface area contributed by atoms with Gasteiger partial charge in [0.1, 0.15) is 0 Å². The first-order valence-electron chi connectivity index (χ1n) is 5.15. The second-order valence-corrected chi connectivity index (χ2v) is 3.93. The van der Waals surface area contributed by atoms with E-state index in [0.29, 0.717) is 19.6 Å². The van der Waals surface area contributed by atoms with E-state index in [1.807, 2.05) is 20.8 Å². The summed E-state index contributed by atoms with van der Waals surface area (Å²) in [5.74, 6) is 0. The third kappa shape index (κ3) is 5.59. The molecule has 0 saturated carbocycles. The second-order valence-electron chi connectivity index (χ2n) is 3.93. The van der Waals surface area contributed by atoms with Gasteiger partial charge < -0.3 is 20.1 Å². The molecule has 0 fully saturated rings. The van der Waals surface area contributed by atoms with Gasteiger partial charge in [0.15, 0.2) is 0 Å². The van der Waals surface area contributed by atoms with Crippen LogP contribution in [-0.2, 0) is 4.74 Å². The summed E-state index contributed by atoms with van der Waals surface area (Å²) in [6.07, 6.45) is 0. The van der Waals surface area contributed by atoms with Crippen molar-refractivity contribution >= 4 is 6.03 Å². The maximum atomic E-state index is 11.6. The van der Waals surface area contributed by atoms with Gasteiger partial charge in [0.25, 0.3) is 0 Å². The molecule has 0 bridgehead atoms. The summed E-state index contributed by atoms with van der Waals surface area (Å²) in [4.78, 5) is 13.1. The molecule has 0 aliphatic carbocycles. The van der Waals surface area contributed by atoms with E-state index in [9.17, 15) is 4.79 Å². The molecule has 5 heteroatoms. The number of amides is 2. The molecule has 0 atom stereocenters. The van der Waals surface area contributed by atoms with Gasteiger partial charge in [0.05, 0.1) is 12.2 Å². The predicted octanol–water partition coefficient (Wildman–Crippen LogP) is 0.435. The van der Waals surface area contributed by atoms with Crippen LogP contribution in [0.1, 0.15) is 20.8 Å². The number of carbonyl (C=O) groups excluding carboxylic acids is 1. The van der Waals surface area contributed by atoms with E-state index in [0.717, 1.165) is 0 Å². The summed E-state index contributed by atoms with van der Waals surface area (Å²) in [5, 5.41) is 11.5. The molecule has 0 saturated heterocycles. The Morgan fingerprint density at radius 1 is 1.53 bits per heavy atom. The SMILES string of the molecule is CCN(CCO)C(=O)NCC(C)(C)OC. The lowest BCUT2D eigenvalue weighted by Gasteiger charge is -2.26. The van der Waals surface area contributed by atoms with Crippen LogP contribution in [0.2, 0.25) is 0 Å². The van der Waals surface area contributed by atoms with Crippen LogP contribution in [0.4, 0.5) is 4.79 Å². The van der Waals surface area contributed by atoms with Crippen LogP contribution < -0.4 is 5.32 Å². The fourth-order valence-corrected chi connectivity index (χ4v) is 0.996. The van der Waals surface area contributed by atoms with Gasteiger partial charge in [0, 0.05) is 26.7 Å². The zero-order valence-corrected chi connectivity index (χ0v) is 10.0. The van der Waals surface area contributed by atoms with Gasteiger partial charge in [0.2, 0.25) is 0 Å². The van der Waals surface area contributed by atoms with E-state index in [1.54, 1.807) is 12.0 Å². The number of hydrogen-bond donors (Lipinski definition) is 2. The molecule has 0 spiro atoms. The predicted molar refractivity (Wildman–Crippen MR) is 58.8 cm³/mol. The zero-order chi connectivity index (χ0) is 11.9. The van der Waals surface area contributed by atoms with Gasteiger partial charge in [-0.05, 0) is 20.8 Å². The molecule has 0 rings (SSSR count). The number of aliphatic hydroxyl groups excluding tert-OH is 1. The van der Waals surface area contributed by atoms with Gasteiger partial charge >= 0.3 is 6.03 Å². The van der Waals surface area contributed by atoms with Crippen LogP contribution in [-0.4, -0.2) is 55.0 Å². The molecule has 90 valence electrons. The van der Waals surface area contributed by atoms with E-state index in [1.165, 1.54) is 0 Å². The van der Waals surface area contributed by atoms with E-state index in [4.69, 9.17) is 9.84 Å². The normalized spacial score (nSPS) is 11.3. The standard InChI is InChI=1S/C10H22N2O3/c1-5-12(6-7-13)9(14)11-8-10(2,3)15-4/h13H,5-8H2,1-4H3,(H,11,14). The minimum absolute atomic E-state index is 0.0189. The third-order valence-corrected chi connectivity index (χ3v) is 2.26. The molecule has 2 N–H and O–H groups in total. The van der Waals surface area contributed by atoms with E-state index >= 15 is 0 Å². The number of nitrogens with zero attached hydrogens (tertiary/aromatic N) is 1. The Morgan fingerprint density at radius 3 is 2.53 bits per heavy atom. The number of rotatable bonds is 6. The second kappa shape index (κ2) is 6.63. The maximum absolute atomic E-state index is 11.6. The number of hydrogen-bond acceptors (Lipinski definition) is 3. The Labute approximate surface area is 91.4 Å². The Hall–Kier alpha value is -0.810. The van der Waals surface area contributed by atoms with Crippen molar-refractivity contribution in [3.8, 4) is 0 Å². The van der Waals surface area contributed by atoms with Crippen molar-refractivity contribution in [1.29, 1.82) is 0 Å².